The predicted octanol–water partition coefficient (Wildman–Crippen LogP) is 4.73. The summed E-state index contributed by atoms with van der Waals surface area (Å²) >= 11 is 0. The maximum atomic E-state index is 12.5. The molecule has 1 N–H and O–H groups in total. The van der Waals surface area contributed by atoms with E-state index in [2.05, 4.69) is 4.74 Å². The van der Waals surface area contributed by atoms with Crippen LogP contribution in [-0.4, -0.2) is 67.3 Å². The van der Waals surface area contributed by atoms with Crippen LogP contribution in [-0.2, 0) is 27.1 Å². The van der Waals surface area contributed by atoms with Crippen molar-refractivity contribution >= 4 is 12.1 Å². The first-order valence-electron chi connectivity index (χ1n) is 11.3. The molecule has 0 aliphatic rings. The Morgan fingerprint density at radius 2 is 1.69 bits per heavy atom. The van der Waals surface area contributed by atoms with Gasteiger partial charge in [0.15, 0.2) is 12.7 Å². The smallest absolute Gasteiger partial charge is 0.422 e. The highest BCUT2D eigenvalue weighted by molar-refractivity contribution is 5.72. The van der Waals surface area contributed by atoms with Crippen LogP contribution in [0.5, 0.6) is 5.75 Å². The van der Waals surface area contributed by atoms with Gasteiger partial charge >= 0.3 is 18.2 Å². The van der Waals surface area contributed by atoms with Crippen molar-refractivity contribution in [3.8, 4) is 5.75 Å². The van der Waals surface area contributed by atoms with Gasteiger partial charge in [-0.05, 0) is 43.0 Å². The van der Waals surface area contributed by atoms with Crippen molar-refractivity contribution in [2.75, 3.05) is 32.9 Å². The zero-order chi connectivity index (χ0) is 25.7. The van der Waals surface area contributed by atoms with Gasteiger partial charge in [0.05, 0.1) is 6.54 Å². The van der Waals surface area contributed by atoms with E-state index in [1.165, 1.54) is 4.90 Å². The van der Waals surface area contributed by atoms with Gasteiger partial charge in [-0.15, -0.1) is 0 Å². The molecule has 192 valence electrons. The first kappa shape index (κ1) is 28.0. The lowest BCUT2D eigenvalue weighted by Crippen LogP contribution is -2.37. The molecule has 7 nitrogen and oxygen atoms in total. The van der Waals surface area contributed by atoms with E-state index in [1.807, 2.05) is 30.3 Å². The van der Waals surface area contributed by atoms with Crippen molar-refractivity contribution in [1.29, 1.82) is 0 Å². The van der Waals surface area contributed by atoms with Crippen molar-refractivity contribution in [2.45, 2.75) is 38.5 Å². The lowest BCUT2D eigenvalue weighted by atomic mass is 10.1. The molecule has 0 spiro atoms. The van der Waals surface area contributed by atoms with Gasteiger partial charge in [-0.3, -0.25) is 0 Å². The third kappa shape index (κ3) is 11.1. The molecule has 0 radical (unpaired) electrons. The Kier molecular flexibility index (Phi) is 11.4. The number of aryl methyl sites for hydroxylation is 1. The summed E-state index contributed by atoms with van der Waals surface area (Å²) in [5, 5.41) is 9.19. The number of hydrogen-bond donors (Lipinski definition) is 1. The maximum Gasteiger partial charge on any atom is 0.422 e. The number of carboxylic acids is 1. The Labute approximate surface area is 202 Å². The molecule has 35 heavy (non-hydrogen) atoms. The molecular formula is C25H30F3NO6. The minimum atomic E-state index is -4.61. The number of nitrogens with zero attached hydrogens (tertiary/aromatic N) is 1. The zero-order valence-electron chi connectivity index (χ0n) is 19.5. The molecule has 1 unspecified atom stereocenters. The van der Waals surface area contributed by atoms with Crippen molar-refractivity contribution in [2.24, 2.45) is 0 Å². The van der Waals surface area contributed by atoms with E-state index < -0.39 is 30.9 Å². The monoisotopic (exact) mass is 497 g/mol. The standard InChI is InChI=1S/C25H30F3NO6/c1-2-33-22(23(30)31)17-20-10-12-21(13-11-20)34-16-15-29(24(32)35-18-25(26,27)28)14-6-9-19-7-4-3-5-8-19/h3-5,7-8,10-13,22H,2,6,9,14-18H2,1H3,(H,30,31). The molecule has 10 heteroatoms. The van der Waals surface area contributed by atoms with Crippen LogP contribution in [0.15, 0.2) is 54.6 Å². The maximum absolute atomic E-state index is 12.5. The van der Waals surface area contributed by atoms with Gasteiger partial charge in [-0.1, -0.05) is 42.5 Å². The largest absolute Gasteiger partial charge is 0.492 e. The zero-order valence-corrected chi connectivity index (χ0v) is 19.5. The van der Waals surface area contributed by atoms with Gasteiger partial charge in [-0.2, -0.15) is 13.2 Å². The van der Waals surface area contributed by atoms with Crippen LogP contribution in [0.3, 0.4) is 0 Å². The molecule has 0 bridgehead atoms. The van der Waals surface area contributed by atoms with E-state index in [0.717, 1.165) is 11.1 Å². The molecule has 0 aromatic heterocycles. The van der Waals surface area contributed by atoms with Crippen LogP contribution in [0.25, 0.3) is 0 Å². The summed E-state index contributed by atoms with van der Waals surface area (Å²) < 4.78 is 52.6. The molecule has 0 saturated heterocycles. The molecule has 1 atom stereocenters. The second kappa shape index (κ2) is 14.2. The molecule has 0 aliphatic heterocycles. The SMILES string of the molecule is CCOC(Cc1ccc(OCCN(CCCc2ccccc2)C(=O)OCC(F)(F)F)cc1)C(=O)O. The number of alkyl halides is 3. The number of carboxylic acid groups (broad SMARTS) is 1. The number of ether oxygens (including phenoxy) is 3. The van der Waals surface area contributed by atoms with E-state index in [9.17, 15) is 27.9 Å². The minimum absolute atomic E-state index is 0.0403. The number of halogens is 3. The molecule has 0 heterocycles. The highest BCUT2D eigenvalue weighted by Gasteiger charge is 2.30. The molecule has 1 amide bonds. The normalized spacial score (nSPS) is 12.1. The molecule has 2 rings (SSSR count). The fourth-order valence-electron chi connectivity index (χ4n) is 3.28. The summed E-state index contributed by atoms with van der Waals surface area (Å²) in [5.74, 6) is -0.568. The second-order valence-electron chi connectivity index (χ2n) is 7.72. The van der Waals surface area contributed by atoms with Crippen LogP contribution in [0, 0.1) is 0 Å². The molecule has 2 aromatic rings. The van der Waals surface area contributed by atoms with Gasteiger partial charge in [0.25, 0.3) is 0 Å². The average molecular weight is 498 g/mol. The first-order valence-corrected chi connectivity index (χ1v) is 11.3. The molecule has 0 fully saturated rings. The Morgan fingerprint density at radius 3 is 2.29 bits per heavy atom. The van der Waals surface area contributed by atoms with Crippen LogP contribution in [0.1, 0.15) is 24.5 Å². The highest BCUT2D eigenvalue weighted by Crippen LogP contribution is 2.17. The van der Waals surface area contributed by atoms with Gasteiger partial charge in [0.2, 0.25) is 0 Å². The van der Waals surface area contributed by atoms with Crippen LogP contribution in [0.2, 0.25) is 0 Å². The Hall–Kier alpha value is -3.27. The summed E-state index contributed by atoms with van der Waals surface area (Å²) in [7, 11) is 0. The summed E-state index contributed by atoms with van der Waals surface area (Å²) in [4.78, 5) is 24.6. The minimum Gasteiger partial charge on any atom is -0.492 e. The van der Waals surface area contributed by atoms with Crippen LogP contribution < -0.4 is 4.74 Å². The number of rotatable bonds is 14. The molecular weight excluding hydrogens is 467 g/mol. The summed E-state index contributed by atoms with van der Waals surface area (Å²) in [6.07, 6.45) is -5.20. The Morgan fingerprint density at radius 1 is 1.00 bits per heavy atom. The van der Waals surface area contributed by atoms with Crippen LogP contribution in [0.4, 0.5) is 18.0 Å². The molecule has 0 saturated carbocycles. The summed E-state index contributed by atoms with van der Waals surface area (Å²) in [6.45, 7) is 0.646. The van der Waals surface area contributed by atoms with Gasteiger partial charge < -0.3 is 24.2 Å². The summed E-state index contributed by atoms with van der Waals surface area (Å²) in [5.41, 5.74) is 1.80. The second-order valence-corrected chi connectivity index (χ2v) is 7.72. The number of aliphatic carboxylic acids is 1. The lowest BCUT2D eigenvalue weighted by Gasteiger charge is -2.22. The predicted molar refractivity (Wildman–Crippen MR) is 122 cm³/mol. The van der Waals surface area contributed by atoms with Crippen LogP contribution >= 0.6 is 0 Å². The van der Waals surface area contributed by atoms with Crippen molar-refractivity contribution in [3.05, 3.63) is 65.7 Å². The number of carbonyl (C=O) groups excluding carboxylic acids is 1. The molecule has 0 aliphatic carbocycles. The Balaban J connectivity index is 1.88. The third-order valence-electron chi connectivity index (χ3n) is 4.97. The van der Waals surface area contributed by atoms with E-state index in [-0.39, 0.29) is 32.7 Å². The number of hydrogen-bond acceptors (Lipinski definition) is 5. The first-order chi connectivity index (χ1) is 16.7. The number of amides is 1. The average Bonchev–Trinajstić information content (AvgIpc) is 2.82. The van der Waals surface area contributed by atoms with Gasteiger partial charge in [0.1, 0.15) is 12.4 Å². The third-order valence-corrected chi connectivity index (χ3v) is 4.97. The van der Waals surface area contributed by atoms with Crippen molar-refractivity contribution in [1.82, 2.24) is 4.90 Å². The number of benzene rings is 2. The van der Waals surface area contributed by atoms with E-state index in [0.29, 0.717) is 18.6 Å². The quantitative estimate of drug-likeness (QED) is 0.406. The molecule has 2 aromatic carbocycles. The number of carbonyl (C=O) groups is 2. The van der Waals surface area contributed by atoms with Crippen molar-refractivity contribution in [3.63, 3.8) is 0 Å². The lowest BCUT2D eigenvalue weighted by molar-refractivity contribution is -0.162. The van der Waals surface area contributed by atoms with Gasteiger partial charge in [0, 0.05) is 19.6 Å². The van der Waals surface area contributed by atoms with Gasteiger partial charge in [-0.25, -0.2) is 9.59 Å². The fraction of sp³-hybridized carbons (Fsp3) is 0.440. The van der Waals surface area contributed by atoms with E-state index >= 15 is 0 Å². The fourth-order valence-corrected chi connectivity index (χ4v) is 3.28. The van der Waals surface area contributed by atoms with E-state index in [1.54, 1.807) is 31.2 Å². The van der Waals surface area contributed by atoms with E-state index in [4.69, 9.17) is 9.47 Å². The van der Waals surface area contributed by atoms with Crippen molar-refractivity contribution < 1.29 is 42.1 Å². The highest BCUT2D eigenvalue weighted by atomic mass is 19.4. The topological polar surface area (TPSA) is 85.3 Å². The summed E-state index contributed by atoms with van der Waals surface area (Å²) in [6, 6.07) is 16.3. The Bertz CT molecular complexity index is 906.